The van der Waals surface area contributed by atoms with Gasteiger partial charge in [0, 0.05) is 50.6 Å². The van der Waals surface area contributed by atoms with E-state index in [1.165, 1.54) is 10.8 Å². The Morgan fingerprint density at radius 1 is 0.457 bits per heavy atom. The number of rotatable bonds is 5. The summed E-state index contributed by atoms with van der Waals surface area (Å²) >= 11 is 0. The Balaban J connectivity index is 1.30. The molecule has 0 radical (unpaired) electrons. The molecule has 9 rings (SSSR count). The van der Waals surface area contributed by atoms with Crippen molar-refractivity contribution >= 4 is 60.5 Å². The Hall–Kier alpha value is -6.19. The number of hydrogen-bond acceptors (Lipinski definition) is 3. The lowest BCUT2D eigenvalue weighted by atomic mass is 9.97. The Morgan fingerprint density at radius 3 is 1.96 bits per heavy atom. The number of fused-ring (bicyclic) bond motifs is 6. The second-order valence-corrected chi connectivity index (χ2v) is 11.6. The van der Waals surface area contributed by atoms with Crippen LogP contribution in [0.3, 0.4) is 0 Å². The average Bonchev–Trinajstić information content (AvgIpc) is 3.52. The number of aromatic nitrogens is 1. The highest BCUT2D eigenvalue weighted by atomic mass is 16.3. The van der Waals surface area contributed by atoms with Gasteiger partial charge in [-0.25, -0.2) is 0 Å². The van der Waals surface area contributed by atoms with E-state index in [-0.39, 0.29) is 0 Å². The first-order valence-corrected chi connectivity index (χ1v) is 15.6. The van der Waals surface area contributed by atoms with Crippen LogP contribution in [0.2, 0.25) is 0 Å². The van der Waals surface area contributed by atoms with Gasteiger partial charge in [0.25, 0.3) is 0 Å². The second-order valence-electron chi connectivity index (χ2n) is 11.6. The maximum atomic E-state index is 6.71. The lowest BCUT2D eigenvalue weighted by Crippen LogP contribution is -2.11. The summed E-state index contributed by atoms with van der Waals surface area (Å²) in [5, 5.41) is 6.86. The van der Waals surface area contributed by atoms with Gasteiger partial charge in [-0.05, 0) is 46.7 Å². The zero-order chi connectivity index (χ0) is 30.5. The van der Waals surface area contributed by atoms with Crippen LogP contribution in [0.1, 0.15) is 0 Å². The van der Waals surface area contributed by atoms with Crippen molar-refractivity contribution in [3.05, 3.63) is 170 Å². The average molecular weight is 589 g/mol. The van der Waals surface area contributed by atoms with Gasteiger partial charge in [-0.2, -0.15) is 0 Å². The van der Waals surface area contributed by atoms with E-state index in [9.17, 15) is 0 Å². The summed E-state index contributed by atoms with van der Waals surface area (Å²) in [4.78, 5) is 7.31. The van der Waals surface area contributed by atoms with Gasteiger partial charge in [0.1, 0.15) is 11.2 Å². The molecule has 0 aliphatic rings. The summed E-state index contributed by atoms with van der Waals surface area (Å²) in [7, 11) is 0. The van der Waals surface area contributed by atoms with Crippen LogP contribution in [0.15, 0.2) is 174 Å². The van der Waals surface area contributed by atoms with Gasteiger partial charge < -0.3 is 9.32 Å². The molecule has 2 heterocycles. The van der Waals surface area contributed by atoms with E-state index in [2.05, 4.69) is 163 Å². The quantitative estimate of drug-likeness (QED) is 0.200. The molecule has 3 nitrogen and oxygen atoms in total. The normalized spacial score (nSPS) is 11.5. The molecule has 9 aromatic rings. The predicted molar refractivity (Wildman–Crippen MR) is 192 cm³/mol. The molecule has 0 saturated carbocycles. The minimum absolute atomic E-state index is 0.846. The molecule has 46 heavy (non-hydrogen) atoms. The number of hydrogen-bond donors (Lipinski definition) is 0. The third kappa shape index (κ3) is 4.25. The molecular formula is C43H28N2O. The van der Waals surface area contributed by atoms with Crippen LogP contribution in [0.4, 0.5) is 17.1 Å². The van der Waals surface area contributed by atoms with Crippen molar-refractivity contribution in [3.8, 4) is 22.4 Å². The molecular weight excluding hydrogens is 560 g/mol. The number of nitrogens with zero attached hydrogens (tertiary/aromatic N) is 2. The van der Waals surface area contributed by atoms with Crippen LogP contribution < -0.4 is 4.90 Å². The Morgan fingerprint density at radius 2 is 1.15 bits per heavy atom. The van der Waals surface area contributed by atoms with Crippen molar-refractivity contribution in [2.75, 3.05) is 4.90 Å². The fourth-order valence-electron chi connectivity index (χ4n) is 6.80. The van der Waals surface area contributed by atoms with Gasteiger partial charge >= 0.3 is 0 Å². The number of furan rings is 1. The minimum atomic E-state index is 0.846. The molecule has 0 N–H and O–H groups in total. The molecule has 3 heteroatoms. The molecule has 0 spiro atoms. The molecule has 2 aromatic heterocycles. The van der Waals surface area contributed by atoms with E-state index in [4.69, 9.17) is 9.40 Å². The second kappa shape index (κ2) is 10.8. The Bertz CT molecular complexity index is 2510. The molecule has 216 valence electrons. The minimum Gasteiger partial charge on any atom is -0.456 e. The summed E-state index contributed by atoms with van der Waals surface area (Å²) in [6.45, 7) is 0. The van der Waals surface area contributed by atoms with Gasteiger partial charge in [-0.1, -0.05) is 127 Å². The van der Waals surface area contributed by atoms with E-state index < -0.39 is 0 Å². The van der Waals surface area contributed by atoms with Crippen LogP contribution in [0.25, 0.3) is 65.9 Å². The molecule has 0 aliphatic carbocycles. The zero-order valence-corrected chi connectivity index (χ0v) is 25.0. The van der Waals surface area contributed by atoms with Gasteiger partial charge in [0.15, 0.2) is 0 Å². The van der Waals surface area contributed by atoms with Gasteiger partial charge in [0.2, 0.25) is 0 Å². The molecule has 0 unspecified atom stereocenters. The first-order valence-electron chi connectivity index (χ1n) is 15.6. The monoisotopic (exact) mass is 588 g/mol. The smallest absolute Gasteiger partial charge is 0.138 e. The van der Waals surface area contributed by atoms with Crippen LogP contribution in [-0.4, -0.2) is 4.98 Å². The maximum Gasteiger partial charge on any atom is 0.138 e. The van der Waals surface area contributed by atoms with Crippen LogP contribution in [0, 0.1) is 0 Å². The molecule has 0 saturated heterocycles. The highest BCUT2D eigenvalue weighted by Crippen LogP contribution is 2.47. The summed E-state index contributed by atoms with van der Waals surface area (Å²) in [6, 6.07) is 57.5. The Kier molecular flexibility index (Phi) is 6.14. The highest BCUT2D eigenvalue weighted by Gasteiger charge is 2.22. The largest absolute Gasteiger partial charge is 0.456 e. The molecule has 0 bridgehead atoms. The molecule has 0 fully saturated rings. The van der Waals surface area contributed by atoms with Crippen molar-refractivity contribution in [3.63, 3.8) is 0 Å². The van der Waals surface area contributed by atoms with Crippen molar-refractivity contribution in [2.45, 2.75) is 0 Å². The molecule has 0 aliphatic heterocycles. The van der Waals surface area contributed by atoms with Gasteiger partial charge in [-0.15, -0.1) is 0 Å². The Labute approximate surface area is 266 Å². The van der Waals surface area contributed by atoms with E-state index >= 15 is 0 Å². The fraction of sp³-hybridized carbons (Fsp3) is 0. The van der Waals surface area contributed by atoms with Gasteiger partial charge in [0.05, 0.1) is 17.1 Å². The highest BCUT2D eigenvalue weighted by molar-refractivity contribution is 6.25. The number of benzene rings is 7. The standard InChI is InChI=1S/C43H28N2O/c1-3-13-29(14-4-1)31-25-26-37(44-28-31)36-22-12-24-40-43(36)42-35-21-10-9-20-34(35)39(27-41(42)46-40)45(32-17-5-2-6-18-32)38-23-11-16-30-15-7-8-19-33(30)38/h1-28H. The molecule has 0 amide bonds. The fourth-order valence-corrected chi connectivity index (χ4v) is 6.80. The number of anilines is 3. The van der Waals surface area contributed by atoms with Crippen molar-refractivity contribution < 1.29 is 4.42 Å². The van der Waals surface area contributed by atoms with Crippen LogP contribution in [-0.2, 0) is 0 Å². The lowest BCUT2D eigenvalue weighted by molar-refractivity contribution is 0.669. The van der Waals surface area contributed by atoms with Crippen LogP contribution >= 0.6 is 0 Å². The first-order chi connectivity index (χ1) is 22.8. The van der Waals surface area contributed by atoms with Crippen molar-refractivity contribution in [1.82, 2.24) is 4.98 Å². The predicted octanol–water partition coefficient (Wildman–Crippen LogP) is 12.1. The lowest BCUT2D eigenvalue weighted by Gasteiger charge is -2.28. The number of pyridine rings is 1. The van der Waals surface area contributed by atoms with Gasteiger partial charge in [-0.3, -0.25) is 4.98 Å². The van der Waals surface area contributed by atoms with E-state index in [0.29, 0.717) is 0 Å². The molecule has 7 aromatic carbocycles. The van der Waals surface area contributed by atoms with E-state index in [1.807, 2.05) is 12.3 Å². The van der Waals surface area contributed by atoms with E-state index in [1.54, 1.807) is 0 Å². The zero-order valence-electron chi connectivity index (χ0n) is 25.0. The van der Waals surface area contributed by atoms with Crippen LogP contribution in [0.5, 0.6) is 0 Å². The topological polar surface area (TPSA) is 29.3 Å². The van der Waals surface area contributed by atoms with E-state index in [0.717, 1.165) is 72.2 Å². The SMILES string of the molecule is c1ccc(-c2ccc(-c3cccc4oc5cc(N(c6ccccc6)c6cccc7ccccc67)c6ccccc6c5c34)nc2)cc1. The summed E-state index contributed by atoms with van der Waals surface area (Å²) in [6.07, 6.45) is 1.96. The maximum absolute atomic E-state index is 6.71. The third-order valence-electron chi connectivity index (χ3n) is 8.89. The molecule has 0 atom stereocenters. The third-order valence-corrected chi connectivity index (χ3v) is 8.89. The number of para-hydroxylation sites is 1. The van der Waals surface area contributed by atoms with Crippen molar-refractivity contribution in [2.24, 2.45) is 0 Å². The summed E-state index contributed by atoms with van der Waals surface area (Å²) < 4.78 is 6.71. The summed E-state index contributed by atoms with van der Waals surface area (Å²) in [5.41, 5.74) is 9.19. The first kappa shape index (κ1) is 26.2. The van der Waals surface area contributed by atoms with Crippen molar-refractivity contribution in [1.29, 1.82) is 0 Å². The summed E-state index contributed by atoms with van der Waals surface area (Å²) in [5.74, 6) is 0.